The highest BCUT2D eigenvalue weighted by atomic mass is 16.4. The molecule has 3 rings (SSSR count). The van der Waals surface area contributed by atoms with E-state index in [1.807, 2.05) is 19.9 Å². The molecule has 1 aromatic heterocycles. The molecule has 7 heteroatoms. The minimum Gasteiger partial charge on any atom is -0.508 e. The van der Waals surface area contributed by atoms with Crippen molar-refractivity contribution in [1.29, 1.82) is 0 Å². The fourth-order valence-electron chi connectivity index (χ4n) is 3.32. The first-order chi connectivity index (χ1) is 15.1. The lowest BCUT2D eigenvalue weighted by Crippen LogP contribution is -2.06. The zero-order valence-electron chi connectivity index (χ0n) is 18.0. The lowest BCUT2D eigenvalue weighted by molar-refractivity contribution is 0.104. The summed E-state index contributed by atoms with van der Waals surface area (Å²) in [6, 6.07) is 6.61. The molecule has 2 aromatic carbocycles. The predicted octanol–water partition coefficient (Wildman–Crippen LogP) is 5.16. The van der Waals surface area contributed by atoms with Crippen LogP contribution in [0.2, 0.25) is 0 Å². The van der Waals surface area contributed by atoms with Gasteiger partial charge in [-0.15, -0.1) is 0 Å². The van der Waals surface area contributed by atoms with Gasteiger partial charge in [0, 0.05) is 11.6 Å². The molecule has 32 heavy (non-hydrogen) atoms. The van der Waals surface area contributed by atoms with Gasteiger partial charge in [-0.05, 0) is 64.0 Å². The van der Waals surface area contributed by atoms with Crippen molar-refractivity contribution in [2.24, 2.45) is 0 Å². The first-order valence-electron chi connectivity index (χ1n) is 9.99. The third-order valence-electron chi connectivity index (χ3n) is 4.96. The number of hydrogen-bond donors (Lipinski definition) is 4. The van der Waals surface area contributed by atoms with Crippen molar-refractivity contribution in [2.75, 3.05) is 0 Å². The van der Waals surface area contributed by atoms with Crippen LogP contribution in [0.4, 0.5) is 0 Å². The van der Waals surface area contributed by atoms with Crippen LogP contribution in [0.25, 0.3) is 22.3 Å². The van der Waals surface area contributed by atoms with Crippen LogP contribution in [0.15, 0.2) is 62.8 Å². The fourth-order valence-corrected chi connectivity index (χ4v) is 3.32. The van der Waals surface area contributed by atoms with Crippen molar-refractivity contribution >= 4 is 16.8 Å². The summed E-state index contributed by atoms with van der Waals surface area (Å²) in [4.78, 5) is 25.5. The Kier molecular flexibility index (Phi) is 6.39. The van der Waals surface area contributed by atoms with E-state index in [1.165, 1.54) is 30.3 Å². The van der Waals surface area contributed by atoms with Gasteiger partial charge in [0.25, 0.3) is 0 Å². The minimum absolute atomic E-state index is 0.0148. The zero-order chi connectivity index (χ0) is 23.6. The topological polar surface area (TPSA) is 128 Å². The molecule has 0 fully saturated rings. The summed E-state index contributed by atoms with van der Waals surface area (Å²) < 4.78 is 5.57. The molecule has 0 spiro atoms. The highest BCUT2D eigenvalue weighted by molar-refractivity contribution is 6.12. The summed E-state index contributed by atoms with van der Waals surface area (Å²) in [6.45, 7) is 5.71. The molecule has 0 aliphatic rings. The van der Waals surface area contributed by atoms with Gasteiger partial charge in [-0.3, -0.25) is 9.59 Å². The maximum Gasteiger partial charge on any atom is 0.238 e. The number of carbonyl (C=O) groups is 1. The third kappa shape index (κ3) is 4.51. The molecule has 1 heterocycles. The average molecular weight is 436 g/mol. The molecule has 0 radical (unpaired) electrons. The van der Waals surface area contributed by atoms with E-state index < -0.39 is 39.4 Å². The Labute approximate surface area is 184 Å². The maximum atomic E-state index is 12.8. The molecule has 0 atom stereocenters. The van der Waals surface area contributed by atoms with Gasteiger partial charge in [-0.1, -0.05) is 17.2 Å². The molecule has 0 saturated carbocycles. The lowest BCUT2D eigenvalue weighted by atomic mass is 10.0. The van der Waals surface area contributed by atoms with Crippen LogP contribution >= 0.6 is 0 Å². The molecule has 166 valence electrons. The van der Waals surface area contributed by atoms with E-state index in [9.17, 15) is 30.0 Å². The summed E-state index contributed by atoms with van der Waals surface area (Å²) in [5, 5.41) is 40.4. The van der Waals surface area contributed by atoms with Gasteiger partial charge < -0.3 is 24.8 Å². The molecular formula is C25H24O7. The first-order valence-corrected chi connectivity index (χ1v) is 9.99. The Morgan fingerprint density at radius 3 is 2.28 bits per heavy atom. The molecule has 0 saturated heterocycles. The van der Waals surface area contributed by atoms with E-state index in [2.05, 4.69) is 0 Å². The molecule has 0 unspecified atom stereocenters. The first kappa shape index (κ1) is 22.7. The molecule has 0 bridgehead atoms. The molecule has 4 N–H and O–H groups in total. The van der Waals surface area contributed by atoms with Gasteiger partial charge in [0.2, 0.25) is 11.2 Å². The summed E-state index contributed by atoms with van der Waals surface area (Å²) >= 11 is 0. The van der Waals surface area contributed by atoms with E-state index in [0.717, 1.165) is 23.6 Å². The molecule has 0 amide bonds. The van der Waals surface area contributed by atoms with Crippen molar-refractivity contribution in [3.8, 4) is 34.3 Å². The van der Waals surface area contributed by atoms with E-state index in [4.69, 9.17) is 4.42 Å². The van der Waals surface area contributed by atoms with Gasteiger partial charge in [-0.25, -0.2) is 0 Å². The van der Waals surface area contributed by atoms with Crippen LogP contribution in [-0.2, 0) is 0 Å². The molecule has 0 aliphatic heterocycles. The number of ketones is 1. The number of benzene rings is 2. The number of fused-ring (bicyclic) bond motifs is 1. The molecular weight excluding hydrogens is 412 g/mol. The Bertz CT molecular complexity index is 1310. The summed E-state index contributed by atoms with van der Waals surface area (Å²) in [7, 11) is 0. The van der Waals surface area contributed by atoms with Crippen molar-refractivity contribution in [1.82, 2.24) is 0 Å². The van der Waals surface area contributed by atoms with E-state index >= 15 is 0 Å². The van der Waals surface area contributed by atoms with Gasteiger partial charge in [-0.2, -0.15) is 0 Å². The zero-order valence-corrected chi connectivity index (χ0v) is 18.0. The Morgan fingerprint density at radius 2 is 1.66 bits per heavy atom. The van der Waals surface area contributed by atoms with Crippen LogP contribution in [0.5, 0.6) is 23.0 Å². The van der Waals surface area contributed by atoms with E-state index in [0.29, 0.717) is 12.0 Å². The number of allylic oxidation sites excluding steroid dienone is 4. The van der Waals surface area contributed by atoms with Gasteiger partial charge in [0.05, 0.1) is 0 Å². The summed E-state index contributed by atoms with van der Waals surface area (Å²) in [5.41, 5.74) is 0.601. The van der Waals surface area contributed by atoms with Crippen molar-refractivity contribution < 1.29 is 29.6 Å². The number of rotatable bonds is 6. The third-order valence-corrected chi connectivity index (χ3v) is 4.96. The summed E-state index contributed by atoms with van der Waals surface area (Å²) in [6.07, 6.45) is 4.69. The Hall–Kier alpha value is -4.00. The lowest BCUT2D eigenvalue weighted by Gasteiger charge is -2.11. The minimum atomic E-state index is -0.954. The highest BCUT2D eigenvalue weighted by Crippen LogP contribution is 2.39. The number of hydrogen-bond acceptors (Lipinski definition) is 7. The molecule has 3 aromatic rings. The van der Waals surface area contributed by atoms with E-state index in [-0.39, 0.29) is 17.1 Å². The largest absolute Gasteiger partial charge is 0.508 e. The second-order valence-electron chi connectivity index (χ2n) is 7.82. The van der Waals surface area contributed by atoms with Crippen LogP contribution < -0.4 is 5.43 Å². The second-order valence-corrected chi connectivity index (χ2v) is 7.82. The molecule has 0 aliphatic carbocycles. The Balaban J connectivity index is 2.09. The van der Waals surface area contributed by atoms with Crippen LogP contribution in [-0.4, -0.2) is 26.2 Å². The summed E-state index contributed by atoms with van der Waals surface area (Å²) in [5.74, 6) is -2.97. The molecule has 7 nitrogen and oxygen atoms in total. The van der Waals surface area contributed by atoms with Crippen LogP contribution in [0.1, 0.15) is 44.0 Å². The fraction of sp³-hybridized carbons (Fsp3) is 0.200. The number of phenols is 3. The predicted molar refractivity (Wildman–Crippen MR) is 121 cm³/mol. The van der Waals surface area contributed by atoms with E-state index in [1.54, 1.807) is 6.92 Å². The average Bonchev–Trinajstić information content (AvgIpc) is 2.70. The van der Waals surface area contributed by atoms with Crippen molar-refractivity contribution in [3.63, 3.8) is 0 Å². The number of carbonyl (C=O) groups excluding carboxylic acids is 1. The second kappa shape index (κ2) is 9.01. The SMILES string of the molecule is CC(C)=CCC/C(C)=C/C(=O)c1c(O)cc2oc(-c3ccc(O)cc3)c(O)c(=O)c2c1O. The normalized spacial score (nSPS) is 11.5. The van der Waals surface area contributed by atoms with Crippen molar-refractivity contribution in [3.05, 3.63) is 69.4 Å². The highest BCUT2D eigenvalue weighted by Gasteiger charge is 2.24. The van der Waals surface area contributed by atoms with Gasteiger partial charge in [0.1, 0.15) is 33.8 Å². The maximum absolute atomic E-state index is 12.8. The van der Waals surface area contributed by atoms with Crippen LogP contribution in [0, 0.1) is 0 Å². The standard InChI is InChI=1S/C25H24O7/c1-13(2)5-4-6-14(3)11-17(27)20-18(28)12-19-21(22(20)29)23(30)24(31)25(32-19)15-7-9-16(26)10-8-15/h5,7-12,26,28-29,31H,4,6H2,1-3H3/b14-11+. The Morgan fingerprint density at radius 1 is 1.00 bits per heavy atom. The van der Waals surface area contributed by atoms with Gasteiger partial charge >= 0.3 is 0 Å². The van der Waals surface area contributed by atoms with Crippen LogP contribution in [0.3, 0.4) is 0 Å². The number of aromatic hydroxyl groups is 4. The van der Waals surface area contributed by atoms with Gasteiger partial charge in [0.15, 0.2) is 11.5 Å². The number of phenolic OH excluding ortho intramolecular Hbond substituents is 3. The quantitative estimate of drug-likeness (QED) is 0.239. The monoisotopic (exact) mass is 436 g/mol. The van der Waals surface area contributed by atoms with Crippen molar-refractivity contribution in [2.45, 2.75) is 33.6 Å². The smallest absolute Gasteiger partial charge is 0.238 e.